The highest BCUT2D eigenvalue weighted by Gasteiger charge is 2.34. The first-order chi connectivity index (χ1) is 14.0. The van der Waals surface area contributed by atoms with Crippen LogP contribution >= 0.6 is 11.3 Å². The summed E-state index contributed by atoms with van der Waals surface area (Å²) in [7, 11) is 0. The molecular weight excluding hydrogens is 391 g/mol. The van der Waals surface area contributed by atoms with Crippen LogP contribution in [0.5, 0.6) is 0 Å². The number of benzene rings is 2. The fourth-order valence-electron chi connectivity index (χ4n) is 3.45. The molecule has 1 aliphatic heterocycles. The van der Waals surface area contributed by atoms with E-state index in [1.54, 1.807) is 11.0 Å². The monoisotopic (exact) mass is 410 g/mol. The smallest absolute Gasteiger partial charge is 0.286 e. The van der Waals surface area contributed by atoms with Crippen LogP contribution in [0.2, 0.25) is 0 Å². The molecule has 1 unspecified atom stereocenters. The molecule has 0 saturated carbocycles. The third-order valence-electron chi connectivity index (χ3n) is 4.89. The van der Waals surface area contributed by atoms with Gasteiger partial charge in [-0.2, -0.15) is 0 Å². The van der Waals surface area contributed by atoms with E-state index in [0.29, 0.717) is 22.8 Å². The van der Waals surface area contributed by atoms with Crippen molar-refractivity contribution >= 4 is 28.8 Å². The molecular formula is C21H19FN4O2S. The Labute approximate surface area is 171 Å². The SMILES string of the molecule is Cc1ccccc1C(=O)N1CCCC1c1nnc(C(=O)Nc2cccc(F)c2)s1. The van der Waals surface area contributed by atoms with E-state index in [4.69, 9.17) is 0 Å². The number of aryl methyl sites for hydroxylation is 1. The molecule has 1 N–H and O–H groups in total. The second-order valence-electron chi connectivity index (χ2n) is 6.88. The van der Waals surface area contributed by atoms with Gasteiger partial charge in [-0.3, -0.25) is 9.59 Å². The minimum absolute atomic E-state index is 0.0356. The highest BCUT2D eigenvalue weighted by molar-refractivity contribution is 7.13. The number of nitrogens with zero attached hydrogens (tertiary/aromatic N) is 3. The first-order valence-electron chi connectivity index (χ1n) is 9.30. The molecule has 4 rings (SSSR count). The lowest BCUT2D eigenvalue weighted by atomic mass is 10.1. The van der Waals surface area contributed by atoms with E-state index in [9.17, 15) is 14.0 Å². The molecule has 3 aromatic rings. The summed E-state index contributed by atoms with van der Waals surface area (Å²) in [5, 5.41) is 11.6. The van der Waals surface area contributed by atoms with Gasteiger partial charge >= 0.3 is 0 Å². The van der Waals surface area contributed by atoms with Gasteiger partial charge in [-0.25, -0.2) is 4.39 Å². The molecule has 1 saturated heterocycles. The number of hydrogen-bond acceptors (Lipinski definition) is 5. The first-order valence-corrected chi connectivity index (χ1v) is 10.1. The number of rotatable bonds is 4. The molecule has 148 valence electrons. The predicted octanol–water partition coefficient (Wildman–Crippen LogP) is 4.22. The number of aromatic nitrogens is 2. The Kier molecular flexibility index (Phi) is 5.35. The Morgan fingerprint density at radius 3 is 2.79 bits per heavy atom. The van der Waals surface area contributed by atoms with Crippen LogP contribution in [0.15, 0.2) is 48.5 Å². The second-order valence-corrected chi connectivity index (χ2v) is 7.89. The van der Waals surface area contributed by atoms with E-state index in [1.807, 2.05) is 31.2 Å². The molecule has 6 nitrogen and oxygen atoms in total. The van der Waals surface area contributed by atoms with Crippen LogP contribution < -0.4 is 5.32 Å². The van der Waals surface area contributed by atoms with Crippen molar-refractivity contribution in [1.82, 2.24) is 15.1 Å². The second kappa shape index (κ2) is 8.08. The summed E-state index contributed by atoms with van der Waals surface area (Å²) in [5.74, 6) is -0.919. The van der Waals surface area contributed by atoms with Gasteiger partial charge in [0, 0.05) is 17.8 Å². The zero-order valence-electron chi connectivity index (χ0n) is 15.8. The summed E-state index contributed by atoms with van der Waals surface area (Å²) >= 11 is 1.16. The summed E-state index contributed by atoms with van der Waals surface area (Å²) in [6.07, 6.45) is 1.64. The fourth-order valence-corrected chi connectivity index (χ4v) is 4.33. The van der Waals surface area contributed by atoms with Crippen LogP contribution in [0.25, 0.3) is 0 Å². The third kappa shape index (κ3) is 4.02. The number of nitrogens with one attached hydrogen (secondary N) is 1. The summed E-state index contributed by atoms with van der Waals surface area (Å²) in [6.45, 7) is 2.56. The summed E-state index contributed by atoms with van der Waals surface area (Å²) < 4.78 is 13.3. The van der Waals surface area contributed by atoms with Crippen LogP contribution in [0, 0.1) is 12.7 Å². The van der Waals surface area contributed by atoms with Gasteiger partial charge in [0.05, 0.1) is 6.04 Å². The molecule has 0 radical (unpaired) electrons. The molecule has 2 amide bonds. The van der Waals surface area contributed by atoms with Gasteiger partial charge in [0.2, 0.25) is 5.01 Å². The Morgan fingerprint density at radius 2 is 2.00 bits per heavy atom. The number of carbonyl (C=O) groups excluding carboxylic acids is 2. The van der Waals surface area contributed by atoms with Crippen molar-refractivity contribution in [2.45, 2.75) is 25.8 Å². The maximum absolute atomic E-state index is 13.3. The molecule has 8 heteroatoms. The maximum atomic E-state index is 13.3. The molecule has 0 aliphatic carbocycles. The third-order valence-corrected chi connectivity index (χ3v) is 5.91. The highest BCUT2D eigenvalue weighted by Crippen LogP contribution is 2.35. The molecule has 1 atom stereocenters. The molecule has 0 bridgehead atoms. The molecule has 2 heterocycles. The Hall–Kier alpha value is -3.13. The fraction of sp³-hybridized carbons (Fsp3) is 0.238. The van der Waals surface area contributed by atoms with Crippen molar-refractivity contribution in [2.24, 2.45) is 0 Å². The van der Waals surface area contributed by atoms with Crippen LogP contribution in [0.3, 0.4) is 0 Å². The summed E-state index contributed by atoms with van der Waals surface area (Å²) in [5.41, 5.74) is 1.95. The minimum Gasteiger partial charge on any atom is -0.329 e. The number of likely N-dealkylation sites (tertiary alicyclic amines) is 1. The molecule has 29 heavy (non-hydrogen) atoms. The van der Waals surface area contributed by atoms with Gasteiger partial charge in [-0.1, -0.05) is 35.6 Å². The van der Waals surface area contributed by atoms with Gasteiger partial charge in [-0.15, -0.1) is 10.2 Å². The summed E-state index contributed by atoms with van der Waals surface area (Å²) in [4.78, 5) is 27.3. The number of carbonyl (C=O) groups is 2. The van der Waals surface area contributed by atoms with Gasteiger partial charge in [0.1, 0.15) is 10.8 Å². The summed E-state index contributed by atoms with van der Waals surface area (Å²) in [6, 6.07) is 13.0. The van der Waals surface area contributed by atoms with Gasteiger partial charge in [0.15, 0.2) is 0 Å². The van der Waals surface area contributed by atoms with Crippen LogP contribution in [0.4, 0.5) is 10.1 Å². The quantitative estimate of drug-likeness (QED) is 0.699. The normalized spacial score (nSPS) is 16.1. The molecule has 2 aromatic carbocycles. The Morgan fingerprint density at radius 1 is 1.17 bits per heavy atom. The van der Waals surface area contributed by atoms with Crippen molar-refractivity contribution in [3.8, 4) is 0 Å². The molecule has 1 aromatic heterocycles. The molecule has 0 spiro atoms. The van der Waals surface area contributed by atoms with Crippen LogP contribution in [-0.2, 0) is 0 Å². The van der Waals surface area contributed by atoms with Crippen molar-refractivity contribution in [3.63, 3.8) is 0 Å². The Balaban J connectivity index is 1.51. The van der Waals surface area contributed by atoms with Crippen molar-refractivity contribution < 1.29 is 14.0 Å². The van der Waals surface area contributed by atoms with E-state index in [0.717, 1.165) is 29.7 Å². The van der Waals surface area contributed by atoms with Crippen molar-refractivity contribution in [2.75, 3.05) is 11.9 Å². The van der Waals surface area contributed by atoms with Gasteiger partial charge in [-0.05, 0) is 49.6 Å². The number of anilines is 1. The topological polar surface area (TPSA) is 75.2 Å². The predicted molar refractivity (Wildman–Crippen MR) is 108 cm³/mol. The van der Waals surface area contributed by atoms with E-state index in [2.05, 4.69) is 15.5 Å². The molecule has 1 fully saturated rings. The first kappa shape index (κ1) is 19.2. The number of amides is 2. The van der Waals surface area contributed by atoms with Crippen LogP contribution in [0.1, 0.15) is 49.6 Å². The van der Waals surface area contributed by atoms with E-state index in [-0.39, 0.29) is 17.0 Å². The zero-order valence-corrected chi connectivity index (χ0v) is 16.6. The largest absolute Gasteiger partial charge is 0.329 e. The average molecular weight is 410 g/mol. The van der Waals surface area contributed by atoms with Crippen molar-refractivity contribution in [1.29, 1.82) is 0 Å². The van der Waals surface area contributed by atoms with E-state index >= 15 is 0 Å². The maximum Gasteiger partial charge on any atom is 0.286 e. The lowest BCUT2D eigenvalue weighted by Gasteiger charge is -2.23. The lowest BCUT2D eigenvalue weighted by molar-refractivity contribution is 0.0734. The van der Waals surface area contributed by atoms with Crippen molar-refractivity contribution in [3.05, 3.63) is 75.5 Å². The molecule has 1 aliphatic rings. The number of hydrogen-bond donors (Lipinski definition) is 1. The van der Waals surface area contributed by atoms with Gasteiger partial charge < -0.3 is 10.2 Å². The van der Waals surface area contributed by atoms with Gasteiger partial charge in [0.25, 0.3) is 11.8 Å². The number of halogens is 1. The Bertz CT molecular complexity index is 1070. The van der Waals surface area contributed by atoms with E-state index < -0.39 is 11.7 Å². The van der Waals surface area contributed by atoms with E-state index in [1.165, 1.54) is 18.2 Å². The highest BCUT2D eigenvalue weighted by atomic mass is 32.1. The standard InChI is InChI=1S/C21H19FN4O2S/c1-13-6-2-3-9-16(13)21(28)26-11-5-10-17(26)19-24-25-20(29-19)18(27)23-15-8-4-7-14(22)12-15/h2-4,6-9,12,17H,5,10-11H2,1H3,(H,23,27). The average Bonchev–Trinajstić information content (AvgIpc) is 3.37. The van der Waals surface area contributed by atoms with Crippen LogP contribution in [-0.4, -0.2) is 33.5 Å². The minimum atomic E-state index is -0.450. The lowest BCUT2D eigenvalue weighted by Crippen LogP contribution is -2.31. The zero-order chi connectivity index (χ0) is 20.4.